The average molecular weight is 294 g/mol. The Bertz CT molecular complexity index is 11.6. The van der Waals surface area contributed by atoms with Crippen LogP contribution in [0.4, 0.5) is 0 Å². The van der Waals surface area contributed by atoms with Crippen molar-refractivity contribution in [1.82, 2.24) is 0 Å². The first-order valence-electron chi connectivity index (χ1n) is 0. The van der Waals surface area contributed by atoms with Crippen molar-refractivity contribution in [3.63, 3.8) is 0 Å². The molecule has 0 unspecified atom stereocenters. The van der Waals surface area contributed by atoms with Gasteiger partial charge in [0.25, 0.3) is 0 Å². The molecule has 0 saturated carbocycles. The second kappa shape index (κ2) is 15.8. The van der Waals surface area contributed by atoms with E-state index in [-0.39, 0.29) is 122 Å². The molecule has 0 amide bonds. The van der Waals surface area contributed by atoms with Gasteiger partial charge < -0.3 is 1.43 Å². The minimum absolute atomic E-state index is 0. The predicted molar refractivity (Wildman–Crippen MR) is 1.11 cm³/mol. The second-order valence-corrected chi connectivity index (χ2v) is 0. The monoisotopic (exact) mass is 294 g/mol. The van der Waals surface area contributed by atoms with Crippen LogP contribution in [0.2, 0.25) is 0 Å². The van der Waals surface area contributed by atoms with Gasteiger partial charge in [0.05, 0.1) is 0 Å². The second-order valence-electron chi connectivity index (χ2n) is 0. The maximum atomic E-state index is 0. The summed E-state index contributed by atoms with van der Waals surface area (Å²) in [7, 11) is 0. The third kappa shape index (κ3) is 9.29. The van der Waals surface area contributed by atoms with E-state index in [9.17, 15) is 0 Å². The van der Waals surface area contributed by atoms with E-state index in [1.165, 1.54) is 0 Å². The molecule has 0 N–H and O–H groups in total. The minimum Gasteiger partial charge on any atom is -1.00 e. The molecule has 2 radical (unpaired) electrons. The normalized spacial score (nSPS) is 0. The van der Waals surface area contributed by atoms with Gasteiger partial charge in [-0.3, -0.25) is 0 Å². The van der Waals surface area contributed by atoms with Crippen molar-refractivity contribution in [2.24, 2.45) is 0 Å². The summed E-state index contributed by atoms with van der Waals surface area (Å²) in [6.45, 7) is 0. The van der Waals surface area contributed by atoms with Crippen LogP contribution in [0.5, 0.6) is 0 Å². The van der Waals surface area contributed by atoms with E-state index in [1.807, 2.05) is 0 Å². The number of hydrogen-bond donors (Lipinski definition) is 0. The van der Waals surface area contributed by atoms with E-state index in [0.717, 1.165) is 0 Å². The third-order valence-corrected chi connectivity index (χ3v) is 0. The molecule has 0 atom stereocenters. The first-order valence-corrected chi connectivity index (χ1v) is 0. The summed E-state index contributed by atoms with van der Waals surface area (Å²) in [6.07, 6.45) is 0. The van der Waals surface area contributed by atoms with Crippen molar-refractivity contribution in [2.75, 3.05) is 0 Å². The van der Waals surface area contributed by atoms with Crippen LogP contribution in [0.25, 0.3) is 0 Å². The van der Waals surface area contributed by atoms with Crippen molar-refractivity contribution in [1.29, 1.82) is 0 Å². The van der Waals surface area contributed by atoms with Gasteiger partial charge in [0, 0.05) is 69.4 Å². The summed E-state index contributed by atoms with van der Waals surface area (Å²) in [6, 6.07) is 0. The van der Waals surface area contributed by atoms with Gasteiger partial charge in [-0.25, -0.2) is 0 Å². The fraction of sp³-hybridized carbons (Fsp3) is 0. The molecular formula is HCoFeKLa. The average Bonchev–Trinajstić information content (AvgIpc) is 0. The molecule has 0 spiro atoms. The Morgan fingerprint density at radius 2 is 1.25 bits per heavy atom. The van der Waals surface area contributed by atoms with Gasteiger partial charge in [-0.15, -0.1) is 0 Å². The largest absolute Gasteiger partial charge is 1.00 e. The van der Waals surface area contributed by atoms with Crippen LogP contribution in [-0.2, 0) is 33.8 Å². The minimum atomic E-state index is 0. The Kier molecular flexibility index (Phi) is 98.2. The molecule has 0 fully saturated rings. The molecule has 0 aromatic carbocycles. The first kappa shape index (κ1) is 24.8. The SMILES string of the molecule is [Co].[Fe].[H-].[K+].[La]. The predicted octanol–water partition coefficient (Wildman–Crippen LogP) is -2.89. The summed E-state index contributed by atoms with van der Waals surface area (Å²) >= 11 is 0. The zero-order valence-electron chi connectivity index (χ0n) is 3.26. The molecular weight excluding hydrogens is 293 g/mol. The van der Waals surface area contributed by atoms with Crippen LogP contribution >= 0.6 is 0 Å². The smallest absolute Gasteiger partial charge is 1.00 e. The van der Waals surface area contributed by atoms with Gasteiger partial charge in [-0.2, -0.15) is 0 Å². The van der Waals surface area contributed by atoms with Crippen molar-refractivity contribution < 1.29 is 122 Å². The fourth-order valence-electron chi connectivity index (χ4n) is 0. The Balaban J connectivity index is 0. The molecule has 0 bridgehead atoms. The number of rotatable bonds is 0. The Labute approximate surface area is 119 Å². The molecule has 0 aliphatic heterocycles. The fourth-order valence-corrected chi connectivity index (χ4v) is 0. The molecule has 4 heavy (non-hydrogen) atoms. The van der Waals surface area contributed by atoms with Crippen LogP contribution < -0.4 is 51.4 Å². The molecule has 0 nitrogen and oxygen atoms in total. The quantitative estimate of drug-likeness (QED) is 0.421. The molecule has 0 aromatic rings. The van der Waals surface area contributed by atoms with E-state index in [1.54, 1.807) is 0 Å². The topological polar surface area (TPSA) is 0 Å². The summed E-state index contributed by atoms with van der Waals surface area (Å²) in [5, 5.41) is 0. The summed E-state index contributed by atoms with van der Waals surface area (Å²) in [4.78, 5) is 0. The molecule has 0 saturated heterocycles. The molecule has 4 heteroatoms. The molecule has 0 aliphatic rings. The zero-order valence-corrected chi connectivity index (χ0v) is 11.2. The summed E-state index contributed by atoms with van der Waals surface area (Å²) in [5.41, 5.74) is 0. The summed E-state index contributed by atoms with van der Waals surface area (Å²) < 4.78 is 0. The van der Waals surface area contributed by atoms with Crippen molar-refractivity contribution >= 4 is 0 Å². The first-order chi connectivity index (χ1) is 0. The molecule has 0 aliphatic carbocycles. The van der Waals surface area contributed by atoms with Gasteiger partial charge in [0.15, 0.2) is 0 Å². The van der Waals surface area contributed by atoms with Crippen LogP contribution in [0, 0.1) is 35.6 Å². The van der Waals surface area contributed by atoms with Crippen LogP contribution in [0.1, 0.15) is 1.43 Å². The van der Waals surface area contributed by atoms with E-state index in [0.29, 0.717) is 0 Å². The molecule has 0 aromatic heterocycles. The Morgan fingerprint density at radius 1 is 1.25 bits per heavy atom. The van der Waals surface area contributed by atoms with Crippen molar-refractivity contribution in [2.45, 2.75) is 0 Å². The van der Waals surface area contributed by atoms with E-state index >= 15 is 0 Å². The van der Waals surface area contributed by atoms with E-state index < -0.39 is 0 Å². The van der Waals surface area contributed by atoms with Gasteiger partial charge >= 0.3 is 51.4 Å². The van der Waals surface area contributed by atoms with Crippen LogP contribution in [0.15, 0.2) is 0 Å². The maximum absolute atomic E-state index is 0. The molecule has 0 rings (SSSR count). The van der Waals surface area contributed by atoms with Crippen molar-refractivity contribution in [3.05, 3.63) is 0 Å². The van der Waals surface area contributed by atoms with Gasteiger partial charge in [0.1, 0.15) is 0 Å². The summed E-state index contributed by atoms with van der Waals surface area (Å²) in [5.74, 6) is 0. The van der Waals surface area contributed by atoms with E-state index in [2.05, 4.69) is 0 Å². The number of hydrogen-bond acceptors (Lipinski definition) is 0. The zero-order chi connectivity index (χ0) is 0. The van der Waals surface area contributed by atoms with E-state index in [4.69, 9.17) is 0 Å². The molecule has 0 heterocycles. The van der Waals surface area contributed by atoms with Gasteiger partial charge in [0.2, 0.25) is 0 Å². The van der Waals surface area contributed by atoms with Gasteiger partial charge in [-0.1, -0.05) is 0 Å². The maximum Gasteiger partial charge on any atom is 1.00 e. The van der Waals surface area contributed by atoms with Gasteiger partial charge in [-0.05, 0) is 0 Å². The van der Waals surface area contributed by atoms with Crippen molar-refractivity contribution in [3.8, 4) is 0 Å². The Hall–Kier alpha value is 3.86. The molecule has 22 valence electrons. The van der Waals surface area contributed by atoms with Crippen LogP contribution in [0.3, 0.4) is 0 Å². The standard InChI is InChI=1S/Co.Fe.K.La.H/q;;+1;;-1. The van der Waals surface area contributed by atoms with Crippen LogP contribution in [-0.4, -0.2) is 0 Å². The Morgan fingerprint density at radius 3 is 1.25 bits per heavy atom. The third-order valence-electron chi connectivity index (χ3n) is 0.